The average molecular weight is 261 g/mol. The normalized spacial score (nSPS) is 10.1. The van der Waals surface area contributed by atoms with Gasteiger partial charge in [-0.2, -0.15) is 0 Å². The van der Waals surface area contributed by atoms with Crippen molar-refractivity contribution in [1.82, 2.24) is 0 Å². The molecular formula is C14H12FNOS. The van der Waals surface area contributed by atoms with Gasteiger partial charge in [-0.3, -0.25) is 4.79 Å². The second-order valence-corrected chi connectivity index (χ2v) is 4.91. The molecule has 0 saturated heterocycles. The van der Waals surface area contributed by atoms with E-state index in [-0.39, 0.29) is 11.7 Å². The molecule has 92 valence electrons. The Hall–Kier alpha value is -1.81. The maximum Gasteiger partial charge on any atom is 0.221 e. The summed E-state index contributed by atoms with van der Waals surface area (Å²) in [5, 5.41) is 2.71. The number of hydrogen-bond donors (Lipinski definition) is 1. The summed E-state index contributed by atoms with van der Waals surface area (Å²) in [6.45, 7) is 1.47. The lowest BCUT2D eigenvalue weighted by atomic mass is 10.3. The molecule has 2 aromatic carbocycles. The minimum atomic E-state index is -0.236. The van der Waals surface area contributed by atoms with Crippen molar-refractivity contribution < 1.29 is 9.18 Å². The van der Waals surface area contributed by atoms with Gasteiger partial charge in [-0.05, 0) is 48.5 Å². The highest BCUT2D eigenvalue weighted by Gasteiger charge is 1.99. The minimum Gasteiger partial charge on any atom is -0.326 e. The monoisotopic (exact) mass is 261 g/mol. The van der Waals surface area contributed by atoms with Crippen LogP contribution in [0.4, 0.5) is 10.1 Å². The van der Waals surface area contributed by atoms with Crippen LogP contribution in [0.5, 0.6) is 0 Å². The van der Waals surface area contributed by atoms with E-state index in [9.17, 15) is 9.18 Å². The fraction of sp³-hybridized carbons (Fsp3) is 0.0714. The molecule has 0 aliphatic heterocycles. The van der Waals surface area contributed by atoms with E-state index >= 15 is 0 Å². The van der Waals surface area contributed by atoms with Crippen molar-refractivity contribution in [2.75, 3.05) is 5.32 Å². The summed E-state index contributed by atoms with van der Waals surface area (Å²) >= 11 is 1.54. The maximum atomic E-state index is 12.8. The van der Waals surface area contributed by atoms with E-state index in [1.54, 1.807) is 23.9 Å². The van der Waals surface area contributed by atoms with Crippen LogP contribution in [-0.2, 0) is 4.79 Å². The van der Waals surface area contributed by atoms with Crippen molar-refractivity contribution in [1.29, 1.82) is 0 Å². The van der Waals surface area contributed by atoms with E-state index in [0.717, 1.165) is 15.5 Å². The number of carbonyl (C=O) groups is 1. The molecule has 1 N–H and O–H groups in total. The van der Waals surface area contributed by atoms with E-state index in [4.69, 9.17) is 0 Å². The molecule has 0 saturated carbocycles. The van der Waals surface area contributed by atoms with Gasteiger partial charge in [0.25, 0.3) is 0 Å². The zero-order chi connectivity index (χ0) is 13.0. The SMILES string of the molecule is CC(=O)Nc1ccc(Sc2ccc(F)cc2)cc1. The predicted octanol–water partition coefficient (Wildman–Crippen LogP) is 3.94. The molecule has 2 aromatic rings. The van der Waals surface area contributed by atoms with Crippen LogP contribution in [0.1, 0.15) is 6.92 Å². The number of halogens is 1. The standard InChI is InChI=1S/C14H12FNOS/c1-10(17)16-12-4-8-14(9-5-12)18-13-6-2-11(15)3-7-13/h2-9H,1H3,(H,16,17). The molecule has 2 rings (SSSR count). The molecule has 1 amide bonds. The van der Waals surface area contributed by atoms with Crippen LogP contribution in [0.2, 0.25) is 0 Å². The van der Waals surface area contributed by atoms with Gasteiger partial charge in [0.1, 0.15) is 5.82 Å². The fourth-order valence-electron chi connectivity index (χ4n) is 1.45. The number of anilines is 1. The Morgan fingerprint density at radius 3 is 2.00 bits per heavy atom. The van der Waals surface area contributed by atoms with Crippen molar-refractivity contribution in [3.05, 3.63) is 54.3 Å². The zero-order valence-electron chi connectivity index (χ0n) is 9.81. The first-order valence-corrected chi connectivity index (χ1v) is 6.26. The van der Waals surface area contributed by atoms with E-state index in [1.807, 2.05) is 24.3 Å². The number of carbonyl (C=O) groups excluding carboxylic acids is 1. The van der Waals surface area contributed by atoms with Crippen LogP contribution in [0.3, 0.4) is 0 Å². The molecule has 0 radical (unpaired) electrons. The van der Waals surface area contributed by atoms with Gasteiger partial charge in [-0.1, -0.05) is 11.8 Å². The predicted molar refractivity (Wildman–Crippen MR) is 71.3 cm³/mol. The second-order valence-electron chi connectivity index (χ2n) is 3.76. The van der Waals surface area contributed by atoms with Crippen molar-refractivity contribution in [3.63, 3.8) is 0 Å². The second kappa shape index (κ2) is 5.69. The highest BCUT2D eigenvalue weighted by Crippen LogP contribution is 2.28. The molecule has 4 heteroatoms. The molecule has 0 aliphatic carbocycles. The van der Waals surface area contributed by atoms with Gasteiger partial charge in [0.2, 0.25) is 5.91 Å². The molecule has 2 nitrogen and oxygen atoms in total. The first-order chi connectivity index (χ1) is 8.63. The third kappa shape index (κ3) is 3.60. The molecule has 0 spiro atoms. The minimum absolute atomic E-state index is 0.0889. The molecule has 0 fully saturated rings. The number of amides is 1. The van der Waals surface area contributed by atoms with E-state index in [2.05, 4.69) is 5.32 Å². The zero-order valence-corrected chi connectivity index (χ0v) is 10.6. The van der Waals surface area contributed by atoms with Crippen molar-refractivity contribution in [2.45, 2.75) is 16.7 Å². The quantitative estimate of drug-likeness (QED) is 0.906. The summed E-state index contributed by atoms with van der Waals surface area (Å²) in [4.78, 5) is 12.9. The Balaban J connectivity index is 2.06. The van der Waals surface area contributed by atoms with Crippen LogP contribution in [-0.4, -0.2) is 5.91 Å². The van der Waals surface area contributed by atoms with Crippen LogP contribution in [0, 0.1) is 5.82 Å². The van der Waals surface area contributed by atoms with Gasteiger partial charge in [0.15, 0.2) is 0 Å². The van der Waals surface area contributed by atoms with Crippen molar-refractivity contribution in [3.8, 4) is 0 Å². The lowest BCUT2D eigenvalue weighted by molar-refractivity contribution is -0.114. The Labute approximate surface area is 109 Å². The topological polar surface area (TPSA) is 29.1 Å². The molecule has 0 unspecified atom stereocenters. The van der Waals surface area contributed by atoms with Gasteiger partial charge < -0.3 is 5.32 Å². The smallest absolute Gasteiger partial charge is 0.221 e. The number of rotatable bonds is 3. The van der Waals surface area contributed by atoms with Gasteiger partial charge in [-0.15, -0.1) is 0 Å². The first-order valence-electron chi connectivity index (χ1n) is 5.44. The van der Waals surface area contributed by atoms with Gasteiger partial charge in [0.05, 0.1) is 0 Å². The van der Waals surface area contributed by atoms with E-state index < -0.39 is 0 Å². The van der Waals surface area contributed by atoms with Crippen LogP contribution < -0.4 is 5.32 Å². The lowest BCUT2D eigenvalue weighted by Gasteiger charge is -2.04. The van der Waals surface area contributed by atoms with Crippen LogP contribution in [0.15, 0.2) is 58.3 Å². The Bertz CT molecular complexity index is 537. The molecule has 0 aliphatic rings. The van der Waals surface area contributed by atoms with Crippen molar-refractivity contribution in [2.24, 2.45) is 0 Å². The number of nitrogens with one attached hydrogen (secondary N) is 1. The molecule has 18 heavy (non-hydrogen) atoms. The van der Waals surface area contributed by atoms with E-state index in [0.29, 0.717) is 0 Å². The summed E-state index contributed by atoms with van der Waals surface area (Å²) in [6.07, 6.45) is 0. The lowest BCUT2D eigenvalue weighted by Crippen LogP contribution is -2.05. The first kappa shape index (κ1) is 12.6. The van der Waals surface area contributed by atoms with Crippen LogP contribution in [0.25, 0.3) is 0 Å². The van der Waals surface area contributed by atoms with E-state index in [1.165, 1.54) is 19.1 Å². The highest BCUT2D eigenvalue weighted by molar-refractivity contribution is 7.99. The molecule has 0 aromatic heterocycles. The number of hydrogen-bond acceptors (Lipinski definition) is 2. The third-order valence-corrected chi connectivity index (χ3v) is 3.24. The number of benzene rings is 2. The summed E-state index contributed by atoms with van der Waals surface area (Å²) < 4.78 is 12.8. The van der Waals surface area contributed by atoms with Crippen LogP contribution >= 0.6 is 11.8 Å². The average Bonchev–Trinajstić information content (AvgIpc) is 2.34. The molecule has 0 atom stereocenters. The summed E-state index contributed by atoms with van der Waals surface area (Å²) in [5.74, 6) is -0.325. The van der Waals surface area contributed by atoms with Gasteiger partial charge in [-0.25, -0.2) is 4.39 Å². The summed E-state index contributed by atoms with van der Waals surface area (Å²) in [7, 11) is 0. The van der Waals surface area contributed by atoms with Gasteiger partial charge in [0, 0.05) is 22.4 Å². The maximum absolute atomic E-state index is 12.8. The Morgan fingerprint density at radius 2 is 1.50 bits per heavy atom. The molecular weight excluding hydrogens is 249 g/mol. The van der Waals surface area contributed by atoms with Gasteiger partial charge >= 0.3 is 0 Å². The fourth-order valence-corrected chi connectivity index (χ4v) is 2.26. The molecule has 0 bridgehead atoms. The Kier molecular flexibility index (Phi) is 3.99. The third-order valence-electron chi connectivity index (χ3n) is 2.22. The highest BCUT2D eigenvalue weighted by atomic mass is 32.2. The largest absolute Gasteiger partial charge is 0.326 e. The summed E-state index contributed by atoms with van der Waals surface area (Å²) in [5.41, 5.74) is 0.769. The molecule has 0 heterocycles. The van der Waals surface area contributed by atoms with Crippen molar-refractivity contribution >= 4 is 23.4 Å². The summed E-state index contributed by atoms with van der Waals surface area (Å²) in [6, 6.07) is 13.9. The Morgan fingerprint density at radius 1 is 1.00 bits per heavy atom.